The van der Waals surface area contributed by atoms with E-state index in [1.165, 1.54) is 0 Å². The fourth-order valence-electron chi connectivity index (χ4n) is 1.24. The Kier molecular flexibility index (Phi) is 2.40. The smallest absolute Gasteiger partial charge is 0.242 e. The molecule has 0 aliphatic heterocycles. The highest BCUT2D eigenvalue weighted by atomic mass is 16.1. The highest BCUT2D eigenvalue weighted by Gasteiger charge is 2.16. The van der Waals surface area contributed by atoms with Gasteiger partial charge in [-0.15, -0.1) is 0 Å². The van der Waals surface area contributed by atoms with Crippen molar-refractivity contribution >= 4 is 5.91 Å². The van der Waals surface area contributed by atoms with Crippen LogP contribution in [0.5, 0.6) is 0 Å². The second-order valence-electron chi connectivity index (χ2n) is 3.32. The predicted molar refractivity (Wildman–Crippen MR) is 50.3 cm³/mol. The van der Waals surface area contributed by atoms with Crippen LogP contribution in [0, 0.1) is 20.8 Å². The minimum atomic E-state index is -0.368. The molecule has 2 N–H and O–H groups in total. The van der Waals surface area contributed by atoms with Gasteiger partial charge in [0.2, 0.25) is 5.91 Å². The molecule has 1 amide bonds. The van der Waals surface area contributed by atoms with Crippen LogP contribution in [-0.4, -0.2) is 15.7 Å². The number of hydrogen-bond donors (Lipinski definition) is 1. The van der Waals surface area contributed by atoms with E-state index in [0.29, 0.717) is 0 Å². The second-order valence-corrected chi connectivity index (χ2v) is 3.32. The number of hydrogen-bond acceptors (Lipinski definition) is 2. The fraction of sp³-hybridized carbons (Fsp3) is 0.556. The molecule has 4 heteroatoms. The molecule has 0 aliphatic carbocycles. The van der Waals surface area contributed by atoms with Gasteiger partial charge in [0, 0.05) is 5.69 Å². The van der Waals surface area contributed by atoms with Crippen LogP contribution in [0.25, 0.3) is 0 Å². The van der Waals surface area contributed by atoms with Gasteiger partial charge in [-0.05, 0) is 33.3 Å². The first-order chi connectivity index (χ1) is 5.95. The average Bonchev–Trinajstić information content (AvgIpc) is 2.31. The minimum Gasteiger partial charge on any atom is -0.368 e. The van der Waals surface area contributed by atoms with Gasteiger partial charge in [0.25, 0.3) is 0 Å². The van der Waals surface area contributed by atoms with Crippen molar-refractivity contribution in [3.05, 3.63) is 17.0 Å². The largest absolute Gasteiger partial charge is 0.368 e. The lowest BCUT2D eigenvalue weighted by atomic mass is 10.2. The van der Waals surface area contributed by atoms with Gasteiger partial charge in [-0.1, -0.05) is 0 Å². The molecular weight excluding hydrogens is 166 g/mol. The third kappa shape index (κ3) is 1.56. The maximum Gasteiger partial charge on any atom is 0.242 e. The average molecular weight is 181 g/mol. The summed E-state index contributed by atoms with van der Waals surface area (Å²) >= 11 is 0. The van der Waals surface area contributed by atoms with E-state index in [0.717, 1.165) is 17.0 Å². The zero-order valence-corrected chi connectivity index (χ0v) is 8.46. The van der Waals surface area contributed by atoms with Crippen LogP contribution in [-0.2, 0) is 4.79 Å². The summed E-state index contributed by atoms with van der Waals surface area (Å²) < 4.78 is 1.67. The van der Waals surface area contributed by atoms with E-state index >= 15 is 0 Å². The lowest BCUT2D eigenvalue weighted by Crippen LogP contribution is -2.25. The number of carbonyl (C=O) groups is 1. The normalized spacial score (nSPS) is 12.9. The number of primary amides is 1. The molecule has 0 aliphatic rings. The fourth-order valence-corrected chi connectivity index (χ4v) is 1.24. The Balaban J connectivity index is 3.15. The number of amides is 1. The van der Waals surface area contributed by atoms with Gasteiger partial charge >= 0.3 is 0 Å². The van der Waals surface area contributed by atoms with E-state index in [4.69, 9.17) is 5.73 Å². The van der Waals surface area contributed by atoms with E-state index in [1.54, 1.807) is 11.6 Å². The summed E-state index contributed by atoms with van der Waals surface area (Å²) in [7, 11) is 0. The summed E-state index contributed by atoms with van der Waals surface area (Å²) in [5.74, 6) is -0.356. The summed E-state index contributed by atoms with van der Waals surface area (Å²) in [6.45, 7) is 7.60. The highest BCUT2D eigenvalue weighted by molar-refractivity contribution is 5.77. The van der Waals surface area contributed by atoms with Gasteiger partial charge in [0.05, 0.1) is 5.69 Å². The van der Waals surface area contributed by atoms with Crippen LogP contribution in [0.2, 0.25) is 0 Å². The number of rotatable bonds is 2. The molecule has 0 spiro atoms. The van der Waals surface area contributed by atoms with Crippen LogP contribution in [0.4, 0.5) is 0 Å². The molecule has 0 fully saturated rings. The standard InChI is InChI=1S/C9H15N3O/c1-5-6(2)11-12(7(5)3)8(4)9(10)13/h8H,1-4H3,(H2,10,13)/t8-/m1/s1. The Hall–Kier alpha value is -1.32. The zero-order chi connectivity index (χ0) is 10.2. The zero-order valence-electron chi connectivity index (χ0n) is 8.46. The molecule has 0 bridgehead atoms. The summed E-state index contributed by atoms with van der Waals surface area (Å²) in [6, 6.07) is -0.368. The van der Waals surface area contributed by atoms with E-state index in [2.05, 4.69) is 5.10 Å². The lowest BCUT2D eigenvalue weighted by molar-refractivity contribution is -0.121. The van der Waals surface area contributed by atoms with Crippen LogP contribution >= 0.6 is 0 Å². The Morgan fingerprint density at radius 3 is 2.31 bits per heavy atom. The third-order valence-electron chi connectivity index (χ3n) is 2.47. The van der Waals surface area contributed by atoms with Gasteiger partial charge < -0.3 is 5.73 Å². The van der Waals surface area contributed by atoms with Crippen LogP contribution in [0.3, 0.4) is 0 Å². The van der Waals surface area contributed by atoms with Crippen molar-refractivity contribution in [2.75, 3.05) is 0 Å². The molecule has 1 heterocycles. The van der Waals surface area contributed by atoms with Crippen molar-refractivity contribution in [3.8, 4) is 0 Å². The first-order valence-corrected chi connectivity index (χ1v) is 4.26. The Morgan fingerprint density at radius 1 is 1.46 bits per heavy atom. The Bertz CT molecular complexity index is 341. The lowest BCUT2D eigenvalue weighted by Gasteiger charge is -2.09. The van der Waals surface area contributed by atoms with Crippen molar-refractivity contribution < 1.29 is 4.79 Å². The van der Waals surface area contributed by atoms with Gasteiger partial charge in [-0.2, -0.15) is 5.10 Å². The molecule has 1 aromatic heterocycles. The number of nitrogens with zero attached hydrogens (tertiary/aromatic N) is 2. The second kappa shape index (κ2) is 3.20. The molecule has 13 heavy (non-hydrogen) atoms. The Morgan fingerprint density at radius 2 is 2.00 bits per heavy atom. The minimum absolute atomic E-state index is 0.356. The van der Waals surface area contributed by atoms with Crippen molar-refractivity contribution in [3.63, 3.8) is 0 Å². The molecule has 0 unspecified atom stereocenters. The first kappa shape index (κ1) is 9.77. The van der Waals surface area contributed by atoms with E-state index < -0.39 is 0 Å². The number of aryl methyl sites for hydroxylation is 1. The van der Waals surface area contributed by atoms with Gasteiger partial charge in [0.15, 0.2) is 0 Å². The number of nitrogens with two attached hydrogens (primary N) is 1. The topological polar surface area (TPSA) is 60.9 Å². The number of aromatic nitrogens is 2. The highest BCUT2D eigenvalue weighted by Crippen LogP contribution is 2.15. The first-order valence-electron chi connectivity index (χ1n) is 4.26. The van der Waals surface area contributed by atoms with E-state index in [-0.39, 0.29) is 11.9 Å². The molecule has 4 nitrogen and oxygen atoms in total. The van der Waals surface area contributed by atoms with Crippen LogP contribution in [0.15, 0.2) is 0 Å². The molecule has 1 aromatic rings. The molecule has 1 atom stereocenters. The van der Waals surface area contributed by atoms with Crippen molar-refractivity contribution in [2.45, 2.75) is 33.7 Å². The molecule has 0 radical (unpaired) electrons. The third-order valence-corrected chi connectivity index (χ3v) is 2.47. The maximum absolute atomic E-state index is 10.9. The number of carbonyl (C=O) groups excluding carboxylic acids is 1. The van der Waals surface area contributed by atoms with Gasteiger partial charge in [-0.25, -0.2) is 0 Å². The molecule has 1 rings (SSSR count). The summed E-state index contributed by atoms with van der Waals surface area (Å²) in [5, 5.41) is 4.25. The summed E-state index contributed by atoms with van der Waals surface area (Å²) in [5.41, 5.74) is 8.27. The van der Waals surface area contributed by atoms with Crippen LogP contribution in [0.1, 0.15) is 29.9 Å². The molecular formula is C9H15N3O. The van der Waals surface area contributed by atoms with Crippen molar-refractivity contribution in [1.29, 1.82) is 0 Å². The molecule has 0 aromatic carbocycles. The summed E-state index contributed by atoms with van der Waals surface area (Å²) in [6.07, 6.45) is 0. The molecule has 0 saturated heterocycles. The molecule has 0 saturated carbocycles. The van der Waals surface area contributed by atoms with Crippen molar-refractivity contribution in [1.82, 2.24) is 9.78 Å². The maximum atomic E-state index is 10.9. The quantitative estimate of drug-likeness (QED) is 0.735. The Labute approximate surface area is 77.7 Å². The van der Waals surface area contributed by atoms with Crippen LogP contribution < -0.4 is 5.73 Å². The van der Waals surface area contributed by atoms with Gasteiger partial charge in [-0.3, -0.25) is 9.48 Å². The summed E-state index contributed by atoms with van der Waals surface area (Å²) in [4.78, 5) is 10.9. The van der Waals surface area contributed by atoms with Crippen molar-refractivity contribution in [2.24, 2.45) is 5.73 Å². The monoisotopic (exact) mass is 181 g/mol. The van der Waals surface area contributed by atoms with E-state index in [1.807, 2.05) is 20.8 Å². The predicted octanol–water partition coefficient (Wildman–Crippen LogP) is 0.855. The van der Waals surface area contributed by atoms with E-state index in [9.17, 15) is 4.79 Å². The van der Waals surface area contributed by atoms with Gasteiger partial charge in [0.1, 0.15) is 6.04 Å². The molecule has 72 valence electrons. The SMILES string of the molecule is Cc1nn([C@H](C)C(N)=O)c(C)c1C.